The van der Waals surface area contributed by atoms with E-state index >= 15 is 0 Å². The molecule has 14 heavy (non-hydrogen) atoms. The second kappa shape index (κ2) is 4.80. The Kier molecular flexibility index (Phi) is 3.70. The lowest BCUT2D eigenvalue weighted by molar-refractivity contribution is 0.0891. The van der Waals surface area contributed by atoms with Gasteiger partial charge in [-0.25, -0.2) is 18.7 Å². The van der Waals surface area contributed by atoms with Crippen LogP contribution in [0.2, 0.25) is 5.28 Å². The van der Waals surface area contributed by atoms with Crippen molar-refractivity contribution in [2.75, 3.05) is 6.54 Å². The molecule has 7 heteroatoms. The van der Waals surface area contributed by atoms with Crippen molar-refractivity contribution in [3.8, 4) is 0 Å². The highest BCUT2D eigenvalue weighted by atomic mass is 35.5. The number of hydrogen-bond acceptors (Lipinski definition) is 3. The maximum absolute atomic E-state index is 11.7. The Morgan fingerprint density at radius 1 is 1.50 bits per heavy atom. The molecule has 0 atom stereocenters. The molecule has 76 valence electrons. The quantitative estimate of drug-likeness (QED) is 0.779. The third-order valence-corrected chi connectivity index (χ3v) is 1.49. The molecule has 0 spiro atoms. The van der Waals surface area contributed by atoms with Crippen LogP contribution in [0.3, 0.4) is 0 Å². The van der Waals surface area contributed by atoms with Crippen LogP contribution in [0.4, 0.5) is 8.78 Å². The van der Waals surface area contributed by atoms with Gasteiger partial charge in [0.1, 0.15) is 0 Å². The number of nitrogens with zero attached hydrogens (tertiary/aromatic N) is 2. The predicted octanol–water partition coefficient (Wildman–Crippen LogP) is 1.12. The highest BCUT2D eigenvalue weighted by Gasteiger charge is 2.09. The number of hydrogen-bond donors (Lipinski definition) is 1. The molecule has 0 unspecified atom stereocenters. The summed E-state index contributed by atoms with van der Waals surface area (Å²) >= 11 is 5.37. The summed E-state index contributed by atoms with van der Waals surface area (Å²) in [5.74, 6) is -0.651. The molecule has 0 bridgehead atoms. The van der Waals surface area contributed by atoms with E-state index in [4.69, 9.17) is 11.6 Å². The number of rotatable bonds is 3. The van der Waals surface area contributed by atoms with E-state index in [-0.39, 0.29) is 10.8 Å². The largest absolute Gasteiger partial charge is 0.346 e. The molecule has 1 heterocycles. The number of halogens is 3. The van der Waals surface area contributed by atoms with Crippen molar-refractivity contribution in [3.05, 3.63) is 23.2 Å². The Balaban J connectivity index is 2.57. The first-order chi connectivity index (χ1) is 6.59. The highest BCUT2D eigenvalue weighted by Crippen LogP contribution is 2.00. The van der Waals surface area contributed by atoms with E-state index in [0.717, 1.165) is 12.4 Å². The topological polar surface area (TPSA) is 54.9 Å². The molecule has 0 saturated heterocycles. The molecule has 1 aromatic heterocycles. The number of amides is 1. The van der Waals surface area contributed by atoms with Gasteiger partial charge >= 0.3 is 0 Å². The summed E-state index contributed by atoms with van der Waals surface area (Å²) in [5.41, 5.74) is 0.0926. The second-order valence-corrected chi connectivity index (χ2v) is 2.68. The highest BCUT2D eigenvalue weighted by molar-refractivity contribution is 6.28. The van der Waals surface area contributed by atoms with Crippen LogP contribution >= 0.6 is 11.6 Å². The molecule has 1 aromatic rings. The Bertz CT molecular complexity index is 317. The van der Waals surface area contributed by atoms with Gasteiger partial charge in [0.25, 0.3) is 12.3 Å². The van der Waals surface area contributed by atoms with Gasteiger partial charge in [0.2, 0.25) is 5.28 Å². The first-order valence-electron chi connectivity index (χ1n) is 3.63. The molecule has 0 aliphatic rings. The number of carbonyl (C=O) groups excluding carboxylic acids is 1. The fourth-order valence-corrected chi connectivity index (χ4v) is 0.799. The van der Waals surface area contributed by atoms with Crippen LogP contribution in [0, 0.1) is 0 Å². The summed E-state index contributed by atoms with van der Waals surface area (Å²) in [6, 6.07) is 0. The first-order valence-corrected chi connectivity index (χ1v) is 4.01. The van der Waals surface area contributed by atoms with Crippen molar-refractivity contribution in [1.29, 1.82) is 0 Å². The fraction of sp³-hybridized carbons (Fsp3) is 0.286. The summed E-state index contributed by atoms with van der Waals surface area (Å²) in [6.07, 6.45) is -0.251. The molecular formula is C7H6ClF2N3O. The van der Waals surface area contributed by atoms with Crippen LogP contribution < -0.4 is 5.32 Å². The molecule has 1 N–H and O–H groups in total. The summed E-state index contributed by atoms with van der Waals surface area (Å²) in [7, 11) is 0. The fourth-order valence-electron chi connectivity index (χ4n) is 0.701. The van der Waals surface area contributed by atoms with Gasteiger partial charge in [-0.05, 0) is 11.6 Å². The van der Waals surface area contributed by atoms with Gasteiger partial charge in [-0.3, -0.25) is 4.79 Å². The van der Waals surface area contributed by atoms with Crippen molar-refractivity contribution in [2.45, 2.75) is 6.43 Å². The van der Waals surface area contributed by atoms with Crippen LogP contribution in [0.15, 0.2) is 12.4 Å². The van der Waals surface area contributed by atoms with Gasteiger partial charge in [0, 0.05) is 12.4 Å². The molecule has 1 rings (SSSR count). The molecule has 0 aromatic carbocycles. The smallest absolute Gasteiger partial charge is 0.255 e. The number of nitrogens with one attached hydrogen (secondary N) is 1. The zero-order chi connectivity index (χ0) is 10.6. The van der Waals surface area contributed by atoms with Crippen molar-refractivity contribution < 1.29 is 13.6 Å². The molecule has 0 aliphatic heterocycles. The number of aromatic nitrogens is 2. The normalized spacial score (nSPS) is 10.3. The zero-order valence-corrected chi connectivity index (χ0v) is 7.63. The Hall–Kier alpha value is -1.30. The van der Waals surface area contributed by atoms with Gasteiger partial charge in [0.05, 0.1) is 12.1 Å². The SMILES string of the molecule is O=C(NCC(F)F)c1cnc(Cl)nc1. The molecule has 0 saturated carbocycles. The van der Waals surface area contributed by atoms with Crippen LogP contribution in [-0.2, 0) is 0 Å². The van der Waals surface area contributed by atoms with Gasteiger partial charge in [-0.2, -0.15) is 0 Å². The molecule has 4 nitrogen and oxygen atoms in total. The van der Waals surface area contributed by atoms with Crippen molar-refractivity contribution in [2.24, 2.45) is 0 Å². The van der Waals surface area contributed by atoms with Crippen molar-refractivity contribution >= 4 is 17.5 Å². The lowest BCUT2D eigenvalue weighted by Gasteiger charge is -2.02. The summed E-state index contributed by atoms with van der Waals surface area (Å²) < 4.78 is 23.4. The second-order valence-electron chi connectivity index (χ2n) is 2.34. The van der Waals surface area contributed by atoms with Crippen LogP contribution in [-0.4, -0.2) is 28.8 Å². The third-order valence-electron chi connectivity index (χ3n) is 1.30. The Labute approximate surface area is 83.3 Å². The van der Waals surface area contributed by atoms with E-state index in [9.17, 15) is 13.6 Å². The summed E-state index contributed by atoms with van der Waals surface area (Å²) in [5, 5.41) is 2.00. The average molecular weight is 222 g/mol. The maximum atomic E-state index is 11.7. The Morgan fingerprint density at radius 2 is 2.07 bits per heavy atom. The van der Waals surface area contributed by atoms with Crippen molar-refractivity contribution in [3.63, 3.8) is 0 Å². The van der Waals surface area contributed by atoms with E-state index < -0.39 is 18.9 Å². The lowest BCUT2D eigenvalue weighted by atomic mass is 10.3. The van der Waals surface area contributed by atoms with E-state index in [1.165, 1.54) is 0 Å². The van der Waals surface area contributed by atoms with Crippen molar-refractivity contribution in [1.82, 2.24) is 15.3 Å². The standard InChI is InChI=1S/C7H6ClF2N3O/c8-7-12-1-4(2-13-7)6(14)11-3-5(9)10/h1-2,5H,3H2,(H,11,14). The zero-order valence-electron chi connectivity index (χ0n) is 6.88. The average Bonchev–Trinajstić information content (AvgIpc) is 2.15. The molecule has 0 radical (unpaired) electrons. The maximum Gasteiger partial charge on any atom is 0.255 e. The van der Waals surface area contributed by atoms with E-state index in [1.807, 2.05) is 5.32 Å². The predicted molar refractivity (Wildman–Crippen MR) is 45.4 cm³/mol. The molecular weight excluding hydrogens is 216 g/mol. The minimum Gasteiger partial charge on any atom is -0.346 e. The van der Waals surface area contributed by atoms with Crippen LogP contribution in [0.1, 0.15) is 10.4 Å². The molecule has 1 amide bonds. The minimum atomic E-state index is -2.58. The minimum absolute atomic E-state index is 0.00425. The van der Waals surface area contributed by atoms with Gasteiger partial charge < -0.3 is 5.32 Å². The van der Waals surface area contributed by atoms with E-state index in [2.05, 4.69) is 9.97 Å². The van der Waals surface area contributed by atoms with Gasteiger partial charge in [0.15, 0.2) is 0 Å². The first kappa shape index (κ1) is 10.8. The lowest BCUT2D eigenvalue weighted by Crippen LogP contribution is -2.28. The van der Waals surface area contributed by atoms with Crippen LogP contribution in [0.25, 0.3) is 0 Å². The monoisotopic (exact) mass is 221 g/mol. The van der Waals surface area contributed by atoms with Crippen LogP contribution in [0.5, 0.6) is 0 Å². The van der Waals surface area contributed by atoms with E-state index in [1.54, 1.807) is 0 Å². The summed E-state index contributed by atoms with van der Waals surface area (Å²) in [6.45, 7) is -0.693. The number of alkyl halides is 2. The Morgan fingerprint density at radius 3 is 2.57 bits per heavy atom. The van der Waals surface area contributed by atoms with Gasteiger partial charge in [-0.15, -0.1) is 0 Å². The van der Waals surface area contributed by atoms with Gasteiger partial charge in [-0.1, -0.05) is 0 Å². The number of carbonyl (C=O) groups is 1. The molecule has 0 aliphatic carbocycles. The molecule has 0 fully saturated rings. The third kappa shape index (κ3) is 3.21. The van der Waals surface area contributed by atoms with E-state index in [0.29, 0.717) is 0 Å². The summed E-state index contributed by atoms with van der Waals surface area (Å²) in [4.78, 5) is 18.2.